The molecule has 2 heterocycles. The molecule has 0 bridgehead atoms. The molecule has 1 aliphatic carbocycles. The third-order valence-corrected chi connectivity index (χ3v) is 7.00. The summed E-state index contributed by atoms with van der Waals surface area (Å²) in [7, 11) is 0. The zero-order valence-corrected chi connectivity index (χ0v) is 17.4. The Balaban J connectivity index is 1.52. The summed E-state index contributed by atoms with van der Waals surface area (Å²) in [5.74, 6) is 0.786. The maximum Gasteiger partial charge on any atom is 0.198 e. The molecule has 0 N–H and O–H groups in total. The highest BCUT2D eigenvalue weighted by Gasteiger charge is 2.52. The minimum Gasteiger partial charge on any atom is -0.465 e. The van der Waals surface area contributed by atoms with Crippen molar-refractivity contribution in [3.63, 3.8) is 0 Å². The largest absolute Gasteiger partial charge is 0.465 e. The van der Waals surface area contributed by atoms with Crippen molar-refractivity contribution in [3.8, 4) is 5.75 Å². The Morgan fingerprint density at radius 3 is 2.66 bits per heavy atom. The van der Waals surface area contributed by atoms with Crippen LogP contribution in [0.5, 0.6) is 5.75 Å². The van der Waals surface area contributed by atoms with E-state index in [1.165, 1.54) is 16.3 Å². The first-order valence-corrected chi connectivity index (χ1v) is 10.9. The van der Waals surface area contributed by atoms with E-state index in [1.54, 1.807) is 6.07 Å². The summed E-state index contributed by atoms with van der Waals surface area (Å²) in [6.07, 6.45) is 5.04. The topological polar surface area (TPSA) is 24.8 Å². The first-order valence-electron chi connectivity index (χ1n) is 10.2. The van der Waals surface area contributed by atoms with Crippen LogP contribution in [-0.2, 0) is 0 Å². The lowest BCUT2D eigenvalue weighted by Crippen LogP contribution is -2.51. The Morgan fingerprint density at radius 2 is 1.79 bits per heavy atom. The van der Waals surface area contributed by atoms with E-state index >= 15 is 0 Å². The molecule has 146 valence electrons. The summed E-state index contributed by atoms with van der Waals surface area (Å²) in [4.78, 5) is 0. The lowest BCUT2D eigenvalue weighted by molar-refractivity contribution is -0.114. The summed E-state index contributed by atoms with van der Waals surface area (Å²) in [5, 5.41) is 11.1. The SMILES string of the molecule is Clc1cc(Cl)c2c(c1)C1CC(c3cccc4ccccc34)=NN1C1(CCCC1)O2. The molecule has 0 radical (unpaired) electrons. The lowest BCUT2D eigenvalue weighted by atomic mass is 9.92. The van der Waals surface area contributed by atoms with Gasteiger partial charge in [0.1, 0.15) is 5.75 Å². The van der Waals surface area contributed by atoms with Crippen LogP contribution >= 0.6 is 23.2 Å². The van der Waals surface area contributed by atoms with Crippen molar-refractivity contribution in [1.29, 1.82) is 0 Å². The van der Waals surface area contributed by atoms with Gasteiger partial charge in [-0.05, 0) is 35.7 Å². The second kappa shape index (κ2) is 6.38. The number of halogens is 2. The predicted octanol–water partition coefficient (Wildman–Crippen LogP) is 6.96. The van der Waals surface area contributed by atoms with E-state index in [4.69, 9.17) is 33.0 Å². The van der Waals surface area contributed by atoms with Crippen LogP contribution in [0.1, 0.15) is 49.3 Å². The van der Waals surface area contributed by atoms with E-state index in [0.29, 0.717) is 10.0 Å². The predicted molar refractivity (Wildman–Crippen MR) is 118 cm³/mol. The Labute approximate surface area is 179 Å². The molecule has 3 aromatic carbocycles. The molecule has 2 aliphatic heterocycles. The number of benzene rings is 3. The number of fused-ring (bicyclic) bond motifs is 5. The fourth-order valence-corrected chi connectivity index (χ4v) is 5.75. The van der Waals surface area contributed by atoms with E-state index in [0.717, 1.165) is 49.1 Å². The lowest BCUT2D eigenvalue weighted by Gasteiger charge is -2.46. The number of hydrazone groups is 1. The van der Waals surface area contributed by atoms with Gasteiger partial charge in [-0.3, -0.25) is 0 Å². The smallest absolute Gasteiger partial charge is 0.198 e. The molecule has 0 amide bonds. The van der Waals surface area contributed by atoms with Crippen molar-refractivity contribution in [2.24, 2.45) is 5.10 Å². The molecule has 1 saturated carbocycles. The van der Waals surface area contributed by atoms with Crippen molar-refractivity contribution in [2.45, 2.75) is 43.9 Å². The van der Waals surface area contributed by atoms with Crippen molar-refractivity contribution in [3.05, 3.63) is 75.8 Å². The average molecular weight is 423 g/mol. The second-order valence-corrected chi connectivity index (χ2v) is 9.04. The number of rotatable bonds is 1. The van der Waals surface area contributed by atoms with Gasteiger partial charge in [-0.1, -0.05) is 65.7 Å². The summed E-state index contributed by atoms with van der Waals surface area (Å²) >= 11 is 12.9. The van der Waals surface area contributed by atoms with Gasteiger partial charge in [0.05, 0.1) is 16.8 Å². The van der Waals surface area contributed by atoms with Gasteiger partial charge < -0.3 is 4.74 Å². The molecule has 3 aliphatic rings. The average Bonchev–Trinajstić information content (AvgIpc) is 3.37. The Kier molecular flexibility index (Phi) is 3.88. The van der Waals surface area contributed by atoms with E-state index in [9.17, 15) is 0 Å². The molecule has 1 spiro atoms. The van der Waals surface area contributed by atoms with Crippen LogP contribution in [0.2, 0.25) is 10.0 Å². The normalized spacial score (nSPS) is 21.8. The number of hydrogen-bond acceptors (Lipinski definition) is 3. The van der Waals surface area contributed by atoms with Crippen LogP contribution in [-0.4, -0.2) is 16.4 Å². The molecule has 3 nitrogen and oxygen atoms in total. The first kappa shape index (κ1) is 17.6. The number of ether oxygens (including phenoxy) is 1. The van der Waals surface area contributed by atoms with Crippen LogP contribution in [0, 0.1) is 0 Å². The Bertz CT molecular complexity index is 1160. The van der Waals surface area contributed by atoms with Gasteiger partial charge in [0.15, 0.2) is 5.72 Å². The Morgan fingerprint density at radius 1 is 1.00 bits per heavy atom. The van der Waals surface area contributed by atoms with E-state index in [1.807, 2.05) is 6.07 Å². The fraction of sp³-hybridized carbons (Fsp3) is 0.292. The number of nitrogens with zero attached hydrogens (tertiary/aromatic N) is 2. The minimum atomic E-state index is -0.401. The van der Waals surface area contributed by atoms with Crippen LogP contribution in [0.15, 0.2) is 59.7 Å². The van der Waals surface area contributed by atoms with Crippen LogP contribution in [0.3, 0.4) is 0 Å². The Hall–Kier alpha value is -2.23. The summed E-state index contributed by atoms with van der Waals surface area (Å²) in [6, 6.07) is 18.8. The van der Waals surface area contributed by atoms with Crippen LogP contribution < -0.4 is 4.74 Å². The van der Waals surface area contributed by atoms with Gasteiger partial charge in [-0.15, -0.1) is 0 Å². The van der Waals surface area contributed by atoms with Crippen molar-refractivity contribution in [1.82, 2.24) is 5.01 Å². The van der Waals surface area contributed by atoms with Gasteiger partial charge in [-0.25, -0.2) is 5.01 Å². The zero-order valence-electron chi connectivity index (χ0n) is 15.9. The second-order valence-electron chi connectivity index (χ2n) is 8.20. The van der Waals surface area contributed by atoms with Gasteiger partial charge >= 0.3 is 0 Å². The number of hydrogen-bond donors (Lipinski definition) is 0. The summed E-state index contributed by atoms with van der Waals surface area (Å²) in [5.41, 5.74) is 2.94. The molecule has 1 atom stereocenters. The monoisotopic (exact) mass is 422 g/mol. The molecule has 3 aromatic rings. The third-order valence-electron chi connectivity index (χ3n) is 6.50. The molecule has 0 saturated heterocycles. The highest BCUT2D eigenvalue weighted by Crippen LogP contribution is 2.54. The molecule has 29 heavy (non-hydrogen) atoms. The van der Waals surface area contributed by atoms with Gasteiger partial charge in [0, 0.05) is 35.4 Å². The fourth-order valence-electron chi connectivity index (χ4n) is 5.20. The third kappa shape index (κ3) is 2.60. The molecule has 0 aromatic heterocycles. The van der Waals surface area contributed by atoms with E-state index in [2.05, 4.69) is 47.5 Å². The molecule has 1 fully saturated rings. The minimum absolute atomic E-state index is 0.0991. The zero-order chi connectivity index (χ0) is 19.6. The standard InChI is InChI=1S/C24H20Cl2N2O/c25-16-12-19-22-14-21(18-9-5-7-15-6-1-2-8-17(15)18)27-28(22)24(10-3-4-11-24)29-23(19)20(26)13-16/h1-2,5-9,12-13,22H,3-4,10-11,14H2. The van der Waals surface area contributed by atoms with Crippen molar-refractivity contribution in [2.75, 3.05) is 0 Å². The molecule has 6 rings (SSSR count). The quantitative estimate of drug-likeness (QED) is 0.423. The van der Waals surface area contributed by atoms with Crippen LogP contribution in [0.25, 0.3) is 10.8 Å². The van der Waals surface area contributed by atoms with Gasteiger partial charge in [-0.2, -0.15) is 5.10 Å². The van der Waals surface area contributed by atoms with E-state index in [-0.39, 0.29) is 6.04 Å². The van der Waals surface area contributed by atoms with Crippen molar-refractivity contribution < 1.29 is 4.74 Å². The molecular weight excluding hydrogens is 403 g/mol. The summed E-state index contributed by atoms with van der Waals surface area (Å²) in [6.45, 7) is 0. The maximum atomic E-state index is 6.58. The van der Waals surface area contributed by atoms with Gasteiger partial charge in [0.2, 0.25) is 0 Å². The van der Waals surface area contributed by atoms with Crippen LogP contribution in [0.4, 0.5) is 0 Å². The highest BCUT2D eigenvalue weighted by molar-refractivity contribution is 6.35. The maximum absolute atomic E-state index is 6.58. The highest BCUT2D eigenvalue weighted by atomic mass is 35.5. The first-order chi connectivity index (χ1) is 14.1. The van der Waals surface area contributed by atoms with E-state index < -0.39 is 5.72 Å². The molecular formula is C24H20Cl2N2O. The molecule has 1 unspecified atom stereocenters. The van der Waals surface area contributed by atoms with Gasteiger partial charge in [0.25, 0.3) is 0 Å². The molecule has 5 heteroatoms. The summed E-state index contributed by atoms with van der Waals surface area (Å²) < 4.78 is 6.58. The van der Waals surface area contributed by atoms with Crippen molar-refractivity contribution >= 4 is 39.7 Å².